The Bertz CT molecular complexity index is 414. The van der Waals surface area contributed by atoms with Gasteiger partial charge in [0.1, 0.15) is 12.4 Å². The highest BCUT2D eigenvalue weighted by atomic mass is 32.2. The number of hydrogen-bond acceptors (Lipinski definition) is 4. The molecule has 1 aliphatic rings. The van der Waals surface area contributed by atoms with Crippen LogP contribution in [0.15, 0.2) is 23.1 Å². The number of hydrogen-bond donors (Lipinski definition) is 1. The van der Waals surface area contributed by atoms with Crippen molar-refractivity contribution in [3.63, 3.8) is 0 Å². The third-order valence-corrected chi connectivity index (χ3v) is 3.69. The smallest absolute Gasteiger partial charge is 0.174 e. The maximum atomic E-state index is 9.13. The second-order valence-electron chi connectivity index (χ2n) is 3.65. The van der Waals surface area contributed by atoms with Crippen molar-refractivity contribution in [2.75, 3.05) is 12.4 Å². The van der Waals surface area contributed by atoms with Crippen LogP contribution in [0.1, 0.15) is 12.0 Å². The number of ether oxygens (including phenoxy) is 1. The molecular weight excluding hydrogens is 222 g/mol. The molecule has 0 saturated heterocycles. The zero-order chi connectivity index (χ0) is 11.4. The van der Waals surface area contributed by atoms with Crippen molar-refractivity contribution in [3.8, 4) is 11.8 Å². The second-order valence-corrected chi connectivity index (χ2v) is 4.76. The van der Waals surface area contributed by atoms with Crippen LogP contribution in [0.5, 0.6) is 5.75 Å². The SMILES string of the molecule is N#CC(O)COc1cccc2c1SCCC2. The largest absolute Gasteiger partial charge is 0.489 e. The molecule has 0 fully saturated rings. The summed E-state index contributed by atoms with van der Waals surface area (Å²) in [5.74, 6) is 1.89. The molecule has 1 aromatic rings. The van der Waals surface area contributed by atoms with Gasteiger partial charge in [-0.15, -0.1) is 11.8 Å². The number of thioether (sulfide) groups is 1. The van der Waals surface area contributed by atoms with Crippen LogP contribution in [-0.2, 0) is 6.42 Å². The van der Waals surface area contributed by atoms with Gasteiger partial charge in [0, 0.05) is 0 Å². The highest BCUT2D eigenvalue weighted by Gasteiger charge is 2.15. The topological polar surface area (TPSA) is 53.2 Å². The predicted molar refractivity (Wildman–Crippen MR) is 62.6 cm³/mol. The minimum Gasteiger partial charge on any atom is -0.489 e. The second kappa shape index (κ2) is 5.24. The van der Waals surface area contributed by atoms with Gasteiger partial charge in [0.15, 0.2) is 6.10 Å². The van der Waals surface area contributed by atoms with Gasteiger partial charge in [-0.25, -0.2) is 0 Å². The van der Waals surface area contributed by atoms with Crippen molar-refractivity contribution in [3.05, 3.63) is 23.8 Å². The molecular formula is C12H13NO2S. The van der Waals surface area contributed by atoms with Crippen molar-refractivity contribution in [2.24, 2.45) is 0 Å². The average Bonchev–Trinajstić information content (AvgIpc) is 2.35. The maximum Gasteiger partial charge on any atom is 0.174 e. The van der Waals surface area contributed by atoms with E-state index in [0.717, 1.165) is 17.9 Å². The van der Waals surface area contributed by atoms with Gasteiger partial charge in [0.05, 0.1) is 11.0 Å². The fraction of sp³-hybridized carbons (Fsp3) is 0.417. The molecule has 0 saturated carbocycles. The van der Waals surface area contributed by atoms with Crippen LogP contribution in [-0.4, -0.2) is 23.6 Å². The lowest BCUT2D eigenvalue weighted by atomic mass is 10.1. The van der Waals surface area contributed by atoms with Crippen LogP contribution in [0.3, 0.4) is 0 Å². The quantitative estimate of drug-likeness (QED) is 0.814. The summed E-state index contributed by atoms with van der Waals surface area (Å²) >= 11 is 1.79. The Morgan fingerprint density at radius 2 is 2.44 bits per heavy atom. The molecule has 1 heterocycles. The molecule has 0 radical (unpaired) electrons. The molecule has 0 aromatic heterocycles. The average molecular weight is 235 g/mol. The van der Waals surface area contributed by atoms with Crippen LogP contribution in [0, 0.1) is 11.3 Å². The standard InChI is InChI=1S/C12H13NO2S/c13-7-10(14)8-15-11-5-1-3-9-4-2-6-16-12(9)11/h1,3,5,10,14H,2,4,6,8H2. The van der Waals surface area contributed by atoms with E-state index in [2.05, 4.69) is 6.07 Å². The van der Waals surface area contributed by atoms with Crippen molar-refractivity contribution in [1.29, 1.82) is 5.26 Å². The zero-order valence-electron chi connectivity index (χ0n) is 8.85. The van der Waals surface area contributed by atoms with Crippen LogP contribution >= 0.6 is 11.8 Å². The van der Waals surface area contributed by atoms with Gasteiger partial charge in [0.25, 0.3) is 0 Å². The van der Waals surface area contributed by atoms with Crippen molar-refractivity contribution >= 4 is 11.8 Å². The predicted octanol–water partition coefficient (Wildman–Crippen LogP) is 1.99. The molecule has 0 amide bonds. The number of fused-ring (bicyclic) bond motifs is 1. The Morgan fingerprint density at radius 1 is 1.56 bits per heavy atom. The summed E-state index contributed by atoms with van der Waals surface area (Å²) in [4.78, 5) is 1.17. The number of nitrogens with zero attached hydrogens (tertiary/aromatic N) is 1. The Balaban J connectivity index is 2.12. The Kier molecular flexibility index (Phi) is 3.70. The summed E-state index contributed by atoms with van der Waals surface area (Å²) in [6, 6.07) is 7.69. The number of benzene rings is 1. The van der Waals surface area contributed by atoms with E-state index in [1.807, 2.05) is 12.1 Å². The van der Waals surface area contributed by atoms with Crippen molar-refractivity contribution in [2.45, 2.75) is 23.8 Å². The molecule has 4 heteroatoms. The maximum absolute atomic E-state index is 9.13. The molecule has 1 aromatic carbocycles. The summed E-state index contributed by atoms with van der Waals surface area (Å²) in [6.45, 7) is 0.0352. The zero-order valence-corrected chi connectivity index (χ0v) is 9.67. The molecule has 0 spiro atoms. The molecule has 1 aliphatic heterocycles. The van der Waals surface area contributed by atoms with E-state index in [-0.39, 0.29) is 6.61 Å². The van der Waals surface area contributed by atoms with E-state index in [9.17, 15) is 0 Å². The number of aliphatic hydroxyl groups excluding tert-OH is 1. The molecule has 2 rings (SSSR count). The van der Waals surface area contributed by atoms with E-state index in [1.165, 1.54) is 16.9 Å². The first-order valence-corrected chi connectivity index (χ1v) is 6.25. The van der Waals surface area contributed by atoms with Gasteiger partial charge in [-0.2, -0.15) is 5.26 Å². The molecule has 0 aliphatic carbocycles. The fourth-order valence-corrected chi connectivity index (χ4v) is 2.80. The van der Waals surface area contributed by atoms with Crippen LogP contribution in [0.25, 0.3) is 0 Å². The summed E-state index contributed by atoms with van der Waals surface area (Å²) < 4.78 is 5.46. The Hall–Kier alpha value is -1.18. The fourth-order valence-electron chi connectivity index (χ4n) is 1.68. The number of aryl methyl sites for hydroxylation is 1. The number of aliphatic hydroxyl groups is 1. The first kappa shape index (κ1) is 11.3. The molecule has 84 valence electrons. The van der Waals surface area contributed by atoms with E-state index in [4.69, 9.17) is 15.1 Å². The summed E-state index contributed by atoms with van der Waals surface area (Å²) in [6.07, 6.45) is 1.23. The number of rotatable bonds is 3. The van der Waals surface area contributed by atoms with Crippen molar-refractivity contribution in [1.82, 2.24) is 0 Å². The normalized spacial score (nSPS) is 16.0. The van der Waals surface area contributed by atoms with Crippen LogP contribution < -0.4 is 4.74 Å². The Morgan fingerprint density at radius 3 is 3.25 bits per heavy atom. The van der Waals surface area contributed by atoms with Crippen LogP contribution in [0.4, 0.5) is 0 Å². The molecule has 1 unspecified atom stereocenters. The van der Waals surface area contributed by atoms with Gasteiger partial charge < -0.3 is 9.84 Å². The third kappa shape index (κ3) is 2.49. The van der Waals surface area contributed by atoms with Gasteiger partial charge in [-0.1, -0.05) is 12.1 Å². The van der Waals surface area contributed by atoms with E-state index >= 15 is 0 Å². The number of nitriles is 1. The van der Waals surface area contributed by atoms with Gasteiger partial charge >= 0.3 is 0 Å². The first-order valence-electron chi connectivity index (χ1n) is 5.26. The molecule has 3 nitrogen and oxygen atoms in total. The highest BCUT2D eigenvalue weighted by Crippen LogP contribution is 2.37. The summed E-state index contributed by atoms with van der Waals surface area (Å²) in [5, 5.41) is 17.6. The monoisotopic (exact) mass is 235 g/mol. The van der Waals surface area contributed by atoms with Gasteiger partial charge in [0.2, 0.25) is 0 Å². The molecule has 16 heavy (non-hydrogen) atoms. The Labute approximate surface area is 99.0 Å². The summed E-state index contributed by atoms with van der Waals surface area (Å²) in [5.41, 5.74) is 1.31. The van der Waals surface area contributed by atoms with Crippen molar-refractivity contribution < 1.29 is 9.84 Å². The lowest BCUT2D eigenvalue weighted by Gasteiger charge is -2.18. The van der Waals surface area contributed by atoms with E-state index in [1.54, 1.807) is 17.8 Å². The highest BCUT2D eigenvalue weighted by molar-refractivity contribution is 7.99. The lowest BCUT2D eigenvalue weighted by Crippen LogP contribution is -2.15. The molecule has 0 bridgehead atoms. The third-order valence-electron chi connectivity index (χ3n) is 2.44. The lowest BCUT2D eigenvalue weighted by molar-refractivity contribution is 0.148. The molecule has 1 N–H and O–H groups in total. The van der Waals surface area contributed by atoms with Gasteiger partial charge in [-0.3, -0.25) is 0 Å². The minimum atomic E-state index is -1.05. The van der Waals surface area contributed by atoms with E-state index in [0.29, 0.717) is 0 Å². The summed E-state index contributed by atoms with van der Waals surface area (Å²) in [7, 11) is 0. The first-order chi connectivity index (χ1) is 7.81. The minimum absolute atomic E-state index is 0.0352. The molecule has 1 atom stereocenters. The van der Waals surface area contributed by atoms with E-state index < -0.39 is 6.10 Å². The van der Waals surface area contributed by atoms with Gasteiger partial charge in [-0.05, 0) is 30.2 Å². The van der Waals surface area contributed by atoms with Crippen LogP contribution in [0.2, 0.25) is 0 Å².